The highest BCUT2D eigenvalue weighted by atomic mass is 16.5. The van der Waals surface area contributed by atoms with E-state index in [2.05, 4.69) is 10.3 Å². The number of carboxylic acids is 1. The molecule has 1 unspecified atom stereocenters. The number of nitrogens with zero attached hydrogens (tertiary/aromatic N) is 1. The second-order valence-corrected chi connectivity index (χ2v) is 4.79. The molecule has 0 aliphatic rings. The lowest BCUT2D eigenvalue weighted by Crippen LogP contribution is -2.28. The predicted octanol–water partition coefficient (Wildman–Crippen LogP) is 2.13. The van der Waals surface area contributed by atoms with Gasteiger partial charge in [0.15, 0.2) is 6.10 Å². The lowest BCUT2D eigenvalue weighted by molar-refractivity contribution is -0.145. The van der Waals surface area contributed by atoms with Crippen LogP contribution in [0.2, 0.25) is 0 Å². The first-order chi connectivity index (χ1) is 8.93. The SMILES string of the molecule is CCC(Oc1ccc(C)nc1CNC(C)C)C(=O)O. The van der Waals surface area contributed by atoms with Gasteiger partial charge in [0.25, 0.3) is 0 Å². The molecule has 0 amide bonds. The lowest BCUT2D eigenvalue weighted by atomic mass is 10.2. The summed E-state index contributed by atoms with van der Waals surface area (Å²) in [6.45, 7) is 8.33. The molecule has 1 heterocycles. The molecule has 1 rings (SSSR count). The van der Waals surface area contributed by atoms with Crippen molar-refractivity contribution in [2.75, 3.05) is 0 Å². The Bertz CT molecular complexity index is 433. The number of nitrogens with one attached hydrogen (secondary N) is 1. The van der Waals surface area contributed by atoms with Gasteiger partial charge in [-0.1, -0.05) is 20.8 Å². The van der Waals surface area contributed by atoms with Crippen molar-refractivity contribution in [2.24, 2.45) is 0 Å². The van der Waals surface area contributed by atoms with Gasteiger partial charge in [-0.3, -0.25) is 4.98 Å². The minimum Gasteiger partial charge on any atom is -0.479 e. The number of carboxylic acid groups (broad SMARTS) is 1. The molecule has 5 nitrogen and oxygen atoms in total. The minimum absolute atomic E-state index is 0.330. The van der Waals surface area contributed by atoms with Crippen LogP contribution in [0.3, 0.4) is 0 Å². The van der Waals surface area contributed by atoms with Crippen molar-refractivity contribution < 1.29 is 14.6 Å². The van der Waals surface area contributed by atoms with Crippen molar-refractivity contribution in [1.82, 2.24) is 10.3 Å². The van der Waals surface area contributed by atoms with Gasteiger partial charge in [-0.2, -0.15) is 0 Å². The molecule has 2 N–H and O–H groups in total. The van der Waals surface area contributed by atoms with Crippen molar-refractivity contribution in [1.29, 1.82) is 0 Å². The standard InChI is InChI=1S/C14H22N2O3/c1-5-12(14(17)18)19-13-7-6-10(4)16-11(13)8-15-9(2)3/h6-7,9,12,15H,5,8H2,1-4H3,(H,17,18). The molecule has 0 fully saturated rings. The van der Waals surface area contributed by atoms with E-state index >= 15 is 0 Å². The normalized spacial score (nSPS) is 12.5. The fourth-order valence-electron chi connectivity index (χ4n) is 1.59. The topological polar surface area (TPSA) is 71.5 Å². The van der Waals surface area contributed by atoms with Crippen LogP contribution in [0.15, 0.2) is 12.1 Å². The van der Waals surface area contributed by atoms with Crippen LogP contribution >= 0.6 is 0 Å². The van der Waals surface area contributed by atoms with E-state index in [1.165, 1.54) is 0 Å². The van der Waals surface area contributed by atoms with Gasteiger partial charge in [0.1, 0.15) is 5.75 Å². The van der Waals surface area contributed by atoms with E-state index in [4.69, 9.17) is 9.84 Å². The predicted molar refractivity (Wildman–Crippen MR) is 73.3 cm³/mol. The summed E-state index contributed by atoms with van der Waals surface area (Å²) in [7, 11) is 0. The molecule has 5 heteroatoms. The third-order valence-corrected chi connectivity index (χ3v) is 2.66. The molecule has 0 saturated carbocycles. The van der Waals surface area contributed by atoms with E-state index < -0.39 is 12.1 Å². The van der Waals surface area contributed by atoms with Gasteiger partial charge >= 0.3 is 5.97 Å². The highest BCUT2D eigenvalue weighted by molar-refractivity contribution is 5.72. The number of pyridine rings is 1. The Balaban J connectivity index is 2.89. The molecule has 0 radical (unpaired) electrons. The molecule has 0 aliphatic carbocycles. The first-order valence-electron chi connectivity index (χ1n) is 6.53. The minimum atomic E-state index is -0.953. The number of aromatic nitrogens is 1. The highest BCUT2D eigenvalue weighted by Gasteiger charge is 2.19. The van der Waals surface area contributed by atoms with Crippen molar-refractivity contribution in [2.45, 2.75) is 52.8 Å². The summed E-state index contributed by atoms with van der Waals surface area (Å²) in [5.74, 6) is -0.418. The van der Waals surface area contributed by atoms with Crippen LogP contribution in [0.4, 0.5) is 0 Å². The molecule has 1 aromatic heterocycles. The summed E-state index contributed by atoms with van der Waals surface area (Å²) in [6.07, 6.45) is -0.414. The summed E-state index contributed by atoms with van der Waals surface area (Å²) in [5.41, 5.74) is 1.63. The van der Waals surface area contributed by atoms with Crippen molar-refractivity contribution in [3.63, 3.8) is 0 Å². The summed E-state index contributed by atoms with van der Waals surface area (Å²) in [4.78, 5) is 15.4. The van der Waals surface area contributed by atoms with Gasteiger partial charge in [0.2, 0.25) is 0 Å². The van der Waals surface area contributed by atoms with Crippen LogP contribution in [0.5, 0.6) is 5.75 Å². The Morgan fingerprint density at radius 3 is 2.68 bits per heavy atom. The largest absolute Gasteiger partial charge is 0.479 e. The number of aliphatic carboxylic acids is 1. The van der Waals surface area contributed by atoms with Gasteiger partial charge in [0, 0.05) is 18.3 Å². The van der Waals surface area contributed by atoms with Crippen LogP contribution in [0.1, 0.15) is 38.6 Å². The average Bonchev–Trinajstić information content (AvgIpc) is 2.34. The number of ether oxygens (including phenoxy) is 1. The Labute approximate surface area is 114 Å². The van der Waals surface area contributed by atoms with Gasteiger partial charge in [-0.25, -0.2) is 4.79 Å². The van der Waals surface area contributed by atoms with Crippen LogP contribution in [0.25, 0.3) is 0 Å². The molecule has 0 aromatic carbocycles. The van der Waals surface area contributed by atoms with Crippen molar-refractivity contribution in [3.8, 4) is 5.75 Å². The lowest BCUT2D eigenvalue weighted by Gasteiger charge is -2.17. The molecule has 19 heavy (non-hydrogen) atoms. The Kier molecular flexibility index (Phi) is 5.76. The zero-order chi connectivity index (χ0) is 14.4. The smallest absolute Gasteiger partial charge is 0.344 e. The summed E-state index contributed by atoms with van der Waals surface area (Å²) < 4.78 is 5.54. The maximum absolute atomic E-state index is 11.0. The monoisotopic (exact) mass is 266 g/mol. The number of rotatable bonds is 7. The molecular weight excluding hydrogens is 244 g/mol. The van der Waals surface area contributed by atoms with Crippen LogP contribution < -0.4 is 10.1 Å². The quantitative estimate of drug-likeness (QED) is 0.791. The zero-order valence-corrected chi connectivity index (χ0v) is 11.9. The fourth-order valence-corrected chi connectivity index (χ4v) is 1.59. The van der Waals surface area contributed by atoms with E-state index in [1.54, 1.807) is 13.0 Å². The highest BCUT2D eigenvalue weighted by Crippen LogP contribution is 2.19. The van der Waals surface area contributed by atoms with E-state index in [9.17, 15) is 4.79 Å². The first-order valence-corrected chi connectivity index (χ1v) is 6.53. The molecule has 0 bridgehead atoms. The molecule has 1 aromatic rings. The Morgan fingerprint density at radius 2 is 2.16 bits per heavy atom. The number of hydrogen-bond donors (Lipinski definition) is 2. The Hall–Kier alpha value is -1.62. The van der Waals surface area contributed by atoms with Gasteiger partial charge in [-0.05, 0) is 25.5 Å². The van der Waals surface area contributed by atoms with E-state index in [1.807, 2.05) is 26.8 Å². The van der Waals surface area contributed by atoms with E-state index in [-0.39, 0.29) is 0 Å². The number of aryl methyl sites for hydroxylation is 1. The zero-order valence-electron chi connectivity index (χ0n) is 11.9. The number of carbonyl (C=O) groups is 1. The molecular formula is C14H22N2O3. The third kappa shape index (κ3) is 4.87. The van der Waals surface area contributed by atoms with Gasteiger partial charge < -0.3 is 15.2 Å². The molecule has 0 aliphatic heterocycles. The van der Waals surface area contributed by atoms with Crippen molar-refractivity contribution >= 4 is 5.97 Å². The van der Waals surface area contributed by atoms with E-state index in [0.717, 1.165) is 11.4 Å². The number of hydrogen-bond acceptors (Lipinski definition) is 4. The summed E-state index contributed by atoms with van der Waals surface area (Å²) >= 11 is 0. The summed E-state index contributed by atoms with van der Waals surface area (Å²) in [5, 5.41) is 12.3. The van der Waals surface area contributed by atoms with Crippen LogP contribution in [-0.2, 0) is 11.3 Å². The van der Waals surface area contributed by atoms with Gasteiger partial charge in [-0.15, -0.1) is 0 Å². The molecule has 0 spiro atoms. The van der Waals surface area contributed by atoms with E-state index in [0.29, 0.717) is 24.8 Å². The second kappa shape index (κ2) is 7.09. The molecule has 1 atom stereocenters. The average molecular weight is 266 g/mol. The van der Waals surface area contributed by atoms with Crippen LogP contribution in [0, 0.1) is 6.92 Å². The van der Waals surface area contributed by atoms with Gasteiger partial charge in [0.05, 0.1) is 5.69 Å². The summed E-state index contributed by atoms with van der Waals surface area (Å²) in [6, 6.07) is 3.94. The molecule has 106 valence electrons. The van der Waals surface area contributed by atoms with Crippen molar-refractivity contribution in [3.05, 3.63) is 23.5 Å². The fraction of sp³-hybridized carbons (Fsp3) is 0.571. The maximum atomic E-state index is 11.0. The first kappa shape index (κ1) is 15.4. The Morgan fingerprint density at radius 1 is 1.47 bits per heavy atom. The second-order valence-electron chi connectivity index (χ2n) is 4.79. The molecule has 0 saturated heterocycles. The third-order valence-electron chi connectivity index (χ3n) is 2.66. The van der Waals surface area contributed by atoms with Crippen LogP contribution in [-0.4, -0.2) is 28.2 Å². The maximum Gasteiger partial charge on any atom is 0.344 e.